The van der Waals surface area contributed by atoms with Gasteiger partial charge in [-0.15, -0.1) is 0 Å². The van der Waals surface area contributed by atoms with Crippen molar-refractivity contribution in [3.05, 3.63) is 48.3 Å². The lowest BCUT2D eigenvalue weighted by Gasteiger charge is -2.05. The van der Waals surface area contributed by atoms with E-state index in [9.17, 15) is 9.90 Å². The number of pyridine rings is 1. The zero-order valence-corrected chi connectivity index (χ0v) is 8.29. The molecule has 80 valence electrons. The first-order valence-corrected chi connectivity index (χ1v) is 4.66. The molecule has 4 heteroatoms. The maximum absolute atomic E-state index is 11.0. The quantitative estimate of drug-likeness (QED) is 0.805. The number of hydrogen-bond donors (Lipinski definition) is 2. The standard InChI is InChI=1S/C12H9NO3/c14-9-6-10(8-4-2-1-3-5-8)11(12(15)16)13-7-9/h1-7,14H,(H,15,16). The highest BCUT2D eigenvalue weighted by Crippen LogP contribution is 2.25. The highest BCUT2D eigenvalue weighted by molar-refractivity contribution is 5.94. The van der Waals surface area contributed by atoms with Crippen molar-refractivity contribution in [3.63, 3.8) is 0 Å². The van der Waals surface area contributed by atoms with Gasteiger partial charge in [-0.05, 0) is 11.6 Å². The summed E-state index contributed by atoms with van der Waals surface area (Å²) >= 11 is 0. The van der Waals surface area contributed by atoms with E-state index in [1.807, 2.05) is 6.07 Å². The Morgan fingerprint density at radius 2 is 1.88 bits per heavy atom. The Kier molecular flexibility index (Phi) is 2.55. The molecule has 0 aliphatic carbocycles. The van der Waals surface area contributed by atoms with Crippen LogP contribution in [0.15, 0.2) is 42.6 Å². The van der Waals surface area contributed by atoms with Crippen LogP contribution in [-0.4, -0.2) is 21.2 Å². The summed E-state index contributed by atoms with van der Waals surface area (Å²) in [5.41, 5.74) is 1.06. The third kappa shape index (κ3) is 1.86. The van der Waals surface area contributed by atoms with Crippen LogP contribution in [0.1, 0.15) is 10.5 Å². The molecule has 0 saturated carbocycles. The predicted molar refractivity (Wildman–Crippen MR) is 58.3 cm³/mol. The minimum Gasteiger partial charge on any atom is -0.506 e. The van der Waals surface area contributed by atoms with Crippen molar-refractivity contribution in [1.29, 1.82) is 0 Å². The lowest BCUT2D eigenvalue weighted by molar-refractivity contribution is 0.0691. The third-order valence-electron chi connectivity index (χ3n) is 2.16. The van der Waals surface area contributed by atoms with Crippen molar-refractivity contribution in [2.45, 2.75) is 0 Å². The van der Waals surface area contributed by atoms with Crippen LogP contribution in [0.2, 0.25) is 0 Å². The fraction of sp³-hybridized carbons (Fsp3) is 0. The van der Waals surface area contributed by atoms with Crippen molar-refractivity contribution in [1.82, 2.24) is 4.98 Å². The van der Waals surface area contributed by atoms with Crippen LogP contribution in [0, 0.1) is 0 Å². The Balaban J connectivity index is 2.63. The molecule has 0 bridgehead atoms. The number of hydrogen-bond acceptors (Lipinski definition) is 3. The maximum atomic E-state index is 11.0. The van der Waals surface area contributed by atoms with E-state index in [0.29, 0.717) is 11.1 Å². The number of aromatic nitrogens is 1. The van der Waals surface area contributed by atoms with E-state index in [-0.39, 0.29) is 11.4 Å². The fourth-order valence-electron chi connectivity index (χ4n) is 1.46. The molecule has 1 aromatic carbocycles. The second kappa shape index (κ2) is 4.02. The van der Waals surface area contributed by atoms with Gasteiger partial charge in [0, 0.05) is 5.56 Å². The van der Waals surface area contributed by atoms with Crippen molar-refractivity contribution in [2.24, 2.45) is 0 Å². The Labute approximate surface area is 91.8 Å². The van der Waals surface area contributed by atoms with Gasteiger partial charge in [-0.1, -0.05) is 30.3 Å². The minimum atomic E-state index is -1.11. The zero-order valence-electron chi connectivity index (χ0n) is 8.29. The number of benzene rings is 1. The number of aromatic carboxylic acids is 1. The average Bonchev–Trinajstić information content (AvgIpc) is 2.29. The molecule has 0 atom stereocenters. The molecule has 0 spiro atoms. The average molecular weight is 215 g/mol. The van der Waals surface area contributed by atoms with Gasteiger partial charge in [-0.3, -0.25) is 0 Å². The van der Waals surface area contributed by atoms with Crippen molar-refractivity contribution in [3.8, 4) is 16.9 Å². The third-order valence-corrected chi connectivity index (χ3v) is 2.16. The van der Waals surface area contributed by atoms with E-state index in [1.165, 1.54) is 6.07 Å². The van der Waals surface area contributed by atoms with E-state index >= 15 is 0 Å². The molecule has 16 heavy (non-hydrogen) atoms. The molecular formula is C12H9NO3. The summed E-state index contributed by atoms with van der Waals surface area (Å²) in [6.45, 7) is 0. The Morgan fingerprint density at radius 1 is 1.19 bits per heavy atom. The van der Waals surface area contributed by atoms with Crippen molar-refractivity contribution < 1.29 is 15.0 Å². The van der Waals surface area contributed by atoms with Gasteiger partial charge in [0.25, 0.3) is 0 Å². The minimum absolute atomic E-state index is 0.0520. The van der Waals surface area contributed by atoms with Crippen LogP contribution >= 0.6 is 0 Å². The van der Waals surface area contributed by atoms with Gasteiger partial charge in [-0.25, -0.2) is 9.78 Å². The summed E-state index contributed by atoms with van der Waals surface area (Å²) < 4.78 is 0. The molecule has 2 rings (SSSR count). The van der Waals surface area contributed by atoms with Gasteiger partial charge in [0.05, 0.1) is 6.20 Å². The molecule has 0 saturated heterocycles. The molecule has 4 nitrogen and oxygen atoms in total. The fourth-order valence-corrected chi connectivity index (χ4v) is 1.46. The normalized spacial score (nSPS) is 10.0. The van der Waals surface area contributed by atoms with Gasteiger partial charge in [-0.2, -0.15) is 0 Å². The summed E-state index contributed by atoms with van der Waals surface area (Å²) in [6, 6.07) is 10.4. The van der Waals surface area contributed by atoms with Crippen LogP contribution in [0.5, 0.6) is 5.75 Å². The number of rotatable bonds is 2. The van der Waals surface area contributed by atoms with E-state index in [2.05, 4.69) is 4.98 Å². The van der Waals surface area contributed by atoms with E-state index in [1.54, 1.807) is 24.3 Å². The molecule has 0 fully saturated rings. The first-order chi connectivity index (χ1) is 7.68. The molecular weight excluding hydrogens is 206 g/mol. The molecule has 0 aliphatic rings. The molecule has 0 aliphatic heterocycles. The summed E-state index contributed by atoms with van der Waals surface area (Å²) in [5.74, 6) is -1.16. The smallest absolute Gasteiger partial charge is 0.355 e. The first kappa shape index (κ1) is 10.2. The number of carboxylic acids is 1. The molecule has 1 heterocycles. The summed E-state index contributed by atoms with van der Waals surface area (Å²) in [5, 5.41) is 18.3. The van der Waals surface area contributed by atoms with Gasteiger partial charge < -0.3 is 10.2 Å². The van der Waals surface area contributed by atoms with Gasteiger partial charge in [0.2, 0.25) is 0 Å². The largest absolute Gasteiger partial charge is 0.506 e. The second-order valence-electron chi connectivity index (χ2n) is 3.26. The van der Waals surface area contributed by atoms with Crippen molar-refractivity contribution >= 4 is 5.97 Å². The Morgan fingerprint density at radius 3 is 2.50 bits per heavy atom. The topological polar surface area (TPSA) is 70.4 Å². The number of carboxylic acid groups (broad SMARTS) is 1. The highest BCUT2D eigenvalue weighted by Gasteiger charge is 2.13. The van der Waals surface area contributed by atoms with Crippen LogP contribution in [0.25, 0.3) is 11.1 Å². The molecule has 2 aromatic rings. The summed E-state index contributed by atoms with van der Waals surface area (Å²) in [6.07, 6.45) is 1.12. The highest BCUT2D eigenvalue weighted by atomic mass is 16.4. The summed E-state index contributed by atoms with van der Waals surface area (Å²) in [7, 11) is 0. The number of carbonyl (C=O) groups is 1. The molecule has 0 amide bonds. The SMILES string of the molecule is O=C(O)c1ncc(O)cc1-c1ccccc1. The molecule has 0 radical (unpaired) electrons. The van der Waals surface area contributed by atoms with Gasteiger partial charge in [0.1, 0.15) is 5.75 Å². The Bertz CT molecular complexity index is 523. The Hall–Kier alpha value is -2.36. The molecule has 0 unspecified atom stereocenters. The lowest BCUT2D eigenvalue weighted by atomic mass is 10.0. The number of nitrogens with zero attached hydrogens (tertiary/aromatic N) is 1. The lowest BCUT2D eigenvalue weighted by Crippen LogP contribution is -2.02. The first-order valence-electron chi connectivity index (χ1n) is 4.66. The van der Waals surface area contributed by atoms with Crippen LogP contribution in [-0.2, 0) is 0 Å². The van der Waals surface area contributed by atoms with Crippen molar-refractivity contribution in [2.75, 3.05) is 0 Å². The number of aromatic hydroxyl groups is 1. The van der Waals surface area contributed by atoms with E-state index in [0.717, 1.165) is 6.20 Å². The van der Waals surface area contributed by atoms with E-state index < -0.39 is 5.97 Å². The molecule has 2 N–H and O–H groups in total. The van der Waals surface area contributed by atoms with E-state index in [4.69, 9.17) is 5.11 Å². The predicted octanol–water partition coefficient (Wildman–Crippen LogP) is 2.15. The van der Waals surface area contributed by atoms with Gasteiger partial charge in [0.15, 0.2) is 5.69 Å². The van der Waals surface area contributed by atoms with Crippen LogP contribution in [0.4, 0.5) is 0 Å². The van der Waals surface area contributed by atoms with Crippen LogP contribution < -0.4 is 0 Å². The summed E-state index contributed by atoms with van der Waals surface area (Å²) in [4.78, 5) is 14.7. The zero-order chi connectivity index (χ0) is 11.5. The maximum Gasteiger partial charge on any atom is 0.355 e. The van der Waals surface area contributed by atoms with Crippen LogP contribution in [0.3, 0.4) is 0 Å². The second-order valence-corrected chi connectivity index (χ2v) is 3.26. The monoisotopic (exact) mass is 215 g/mol. The molecule has 1 aromatic heterocycles. The van der Waals surface area contributed by atoms with Gasteiger partial charge >= 0.3 is 5.97 Å².